The van der Waals surface area contributed by atoms with Crippen molar-refractivity contribution in [2.45, 2.75) is 45.6 Å². The Morgan fingerprint density at radius 2 is 2.29 bits per heavy atom. The number of hydrogen-bond acceptors (Lipinski definition) is 3. The first-order chi connectivity index (χ1) is 8.22. The molecule has 0 bridgehead atoms. The number of nitrogens with two attached hydrogens (primary N) is 1. The van der Waals surface area contributed by atoms with Gasteiger partial charge in [0.1, 0.15) is 0 Å². The van der Waals surface area contributed by atoms with Crippen LogP contribution in [0.4, 0.5) is 0 Å². The van der Waals surface area contributed by atoms with Gasteiger partial charge in [0.05, 0.1) is 6.10 Å². The summed E-state index contributed by atoms with van der Waals surface area (Å²) in [4.78, 5) is 4.35. The number of guanidine groups is 1. The molecule has 1 aliphatic rings. The molecule has 0 amide bonds. The Labute approximate surface area is 104 Å². The predicted molar refractivity (Wildman–Crippen MR) is 70.7 cm³/mol. The Balaban J connectivity index is 2.16. The first-order valence-electron chi connectivity index (χ1n) is 6.59. The molecule has 1 unspecified atom stereocenters. The Morgan fingerprint density at radius 3 is 2.88 bits per heavy atom. The van der Waals surface area contributed by atoms with Crippen molar-refractivity contribution in [3.8, 4) is 0 Å². The lowest BCUT2D eigenvalue weighted by molar-refractivity contribution is 0.0122. The van der Waals surface area contributed by atoms with Crippen LogP contribution in [0.3, 0.4) is 0 Å². The smallest absolute Gasteiger partial charge is 0.205 e. The summed E-state index contributed by atoms with van der Waals surface area (Å²) in [5.41, 5.74) is 2.59. The van der Waals surface area contributed by atoms with Crippen molar-refractivity contribution >= 4 is 5.96 Å². The van der Waals surface area contributed by atoms with E-state index in [9.17, 15) is 0 Å². The van der Waals surface area contributed by atoms with E-state index < -0.39 is 0 Å². The third-order valence-corrected chi connectivity index (χ3v) is 2.78. The lowest BCUT2D eigenvalue weighted by atomic mass is 10.1. The maximum Gasteiger partial charge on any atom is 0.205 e. The number of rotatable bonds is 5. The second-order valence-electron chi connectivity index (χ2n) is 4.93. The zero-order valence-corrected chi connectivity index (χ0v) is 11.0. The van der Waals surface area contributed by atoms with Gasteiger partial charge in [-0.1, -0.05) is 13.8 Å². The van der Waals surface area contributed by atoms with Gasteiger partial charge < -0.3 is 10.1 Å². The normalized spacial score (nSPS) is 21.6. The maximum absolute atomic E-state index is 5.66. The molecule has 0 saturated carbocycles. The Bertz CT molecular complexity index is 225. The molecule has 1 heterocycles. The third-order valence-electron chi connectivity index (χ3n) is 2.78. The largest absolute Gasteiger partial charge is 0.378 e. The van der Waals surface area contributed by atoms with E-state index in [1.807, 2.05) is 0 Å². The summed E-state index contributed by atoms with van der Waals surface area (Å²) in [6.07, 6.45) is 5.09. The highest BCUT2D eigenvalue weighted by atomic mass is 16.5. The van der Waals surface area contributed by atoms with E-state index in [0.29, 0.717) is 18.0 Å². The zero-order valence-electron chi connectivity index (χ0n) is 11.0. The fourth-order valence-electron chi connectivity index (χ4n) is 1.81. The standard InChI is InChI=1S/C12H26N4O/c1-10(2)9-15-12(16-13)14-7-6-11-5-3-4-8-17-11/h10-11H,3-9,13H2,1-2H3,(H2,14,15,16). The molecule has 4 N–H and O–H groups in total. The van der Waals surface area contributed by atoms with Crippen LogP contribution in [0.25, 0.3) is 0 Å². The van der Waals surface area contributed by atoms with Crippen molar-refractivity contribution in [3.63, 3.8) is 0 Å². The Kier molecular flexibility index (Phi) is 6.96. The summed E-state index contributed by atoms with van der Waals surface area (Å²) in [6, 6.07) is 0. The van der Waals surface area contributed by atoms with E-state index in [1.165, 1.54) is 19.3 Å². The highest BCUT2D eigenvalue weighted by Crippen LogP contribution is 2.14. The van der Waals surface area contributed by atoms with E-state index in [-0.39, 0.29) is 0 Å². The van der Waals surface area contributed by atoms with Gasteiger partial charge in [-0.3, -0.25) is 10.4 Å². The number of nitrogens with one attached hydrogen (secondary N) is 2. The van der Waals surface area contributed by atoms with Crippen LogP contribution in [0, 0.1) is 5.92 Å². The summed E-state index contributed by atoms with van der Waals surface area (Å²) in [7, 11) is 0. The van der Waals surface area contributed by atoms with Gasteiger partial charge in [-0.15, -0.1) is 0 Å². The molecule has 0 aliphatic carbocycles. The fourth-order valence-corrected chi connectivity index (χ4v) is 1.81. The van der Waals surface area contributed by atoms with Crippen molar-refractivity contribution in [3.05, 3.63) is 0 Å². The highest BCUT2D eigenvalue weighted by Gasteiger charge is 2.13. The van der Waals surface area contributed by atoms with Gasteiger partial charge in [0.2, 0.25) is 5.96 Å². The zero-order chi connectivity index (χ0) is 12.5. The van der Waals surface area contributed by atoms with Gasteiger partial charge in [-0.25, -0.2) is 5.84 Å². The van der Waals surface area contributed by atoms with E-state index in [2.05, 4.69) is 29.6 Å². The summed E-state index contributed by atoms with van der Waals surface area (Å²) >= 11 is 0. The maximum atomic E-state index is 5.66. The molecule has 1 saturated heterocycles. The van der Waals surface area contributed by atoms with Crippen LogP contribution in [-0.4, -0.2) is 31.8 Å². The minimum atomic E-state index is 0.403. The number of nitrogens with zero attached hydrogens (tertiary/aromatic N) is 1. The molecule has 0 aromatic heterocycles. The predicted octanol–water partition coefficient (Wildman–Crippen LogP) is 1.01. The molecule has 0 spiro atoms. The second-order valence-corrected chi connectivity index (χ2v) is 4.93. The molecule has 1 atom stereocenters. The highest BCUT2D eigenvalue weighted by molar-refractivity contribution is 5.79. The Morgan fingerprint density at radius 1 is 1.47 bits per heavy atom. The average Bonchev–Trinajstić information content (AvgIpc) is 2.34. The monoisotopic (exact) mass is 242 g/mol. The van der Waals surface area contributed by atoms with Crippen molar-refractivity contribution in [2.75, 3.05) is 19.7 Å². The summed E-state index contributed by atoms with van der Waals surface area (Å²) in [6.45, 7) is 6.81. The lowest BCUT2D eigenvalue weighted by Crippen LogP contribution is -2.43. The molecule has 1 aliphatic heterocycles. The van der Waals surface area contributed by atoms with E-state index >= 15 is 0 Å². The van der Waals surface area contributed by atoms with E-state index in [0.717, 1.165) is 26.1 Å². The van der Waals surface area contributed by atoms with Crippen LogP contribution in [0.5, 0.6) is 0 Å². The molecule has 17 heavy (non-hydrogen) atoms. The fraction of sp³-hybridized carbons (Fsp3) is 0.917. The molecule has 0 aromatic rings. The average molecular weight is 242 g/mol. The van der Waals surface area contributed by atoms with Gasteiger partial charge in [-0.2, -0.15) is 0 Å². The van der Waals surface area contributed by atoms with Crippen LogP contribution < -0.4 is 16.6 Å². The van der Waals surface area contributed by atoms with Crippen molar-refractivity contribution < 1.29 is 4.74 Å². The molecule has 0 aromatic carbocycles. The van der Waals surface area contributed by atoms with Crippen molar-refractivity contribution in [1.29, 1.82) is 0 Å². The summed E-state index contributed by atoms with van der Waals surface area (Å²) in [5, 5.41) is 3.21. The Hall–Kier alpha value is -0.810. The molecule has 100 valence electrons. The lowest BCUT2D eigenvalue weighted by Gasteiger charge is -2.22. The SMILES string of the molecule is CC(C)CN=C(NN)NCCC1CCCCO1. The second kappa shape index (κ2) is 8.31. The number of hydrogen-bond donors (Lipinski definition) is 3. The molecule has 1 rings (SSSR count). The van der Waals surface area contributed by atoms with Gasteiger partial charge >= 0.3 is 0 Å². The van der Waals surface area contributed by atoms with Crippen LogP contribution in [0.1, 0.15) is 39.5 Å². The third kappa shape index (κ3) is 6.48. The minimum Gasteiger partial charge on any atom is -0.378 e. The quantitative estimate of drug-likeness (QED) is 0.291. The van der Waals surface area contributed by atoms with Gasteiger partial charge in [0, 0.05) is 19.7 Å². The van der Waals surface area contributed by atoms with Crippen LogP contribution in [0.2, 0.25) is 0 Å². The van der Waals surface area contributed by atoms with Crippen LogP contribution in [-0.2, 0) is 4.74 Å². The molecular weight excluding hydrogens is 216 g/mol. The molecule has 0 radical (unpaired) electrons. The van der Waals surface area contributed by atoms with Gasteiger partial charge in [0.15, 0.2) is 0 Å². The summed E-state index contributed by atoms with van der Waals surface area (Å²) in [5.74, 6) is 6.62. The minimum absolute atomic E-state index is 0.403. The van der Waals surface area contributed by atoms with Gasteiger partial charge in [-0.05, 0) is 31.6 Å². The molecular formula is C12H26N4O. The summed E-state index contributed by atoms with van der Waals surface area (Å²) < 4.78 is 5.66. The number of aliphatic imine (C=N–C) groups is 1. The van der Waals surface area contributed by atoms with Crippen LogP contribution in [0.15, 0.2) is 4.99 Å². The number of ether oxygens (including phenoxy) is 1. The molecule has 5 nitrogen and oxygen atoms in total. The van der Waals surface area contributed by atoms with Crippen molar-refractivity contribution in [2.24, 2.45) is 16.8 Å². The topological polar surface area (TPSA) is 71.7 Å². The van der Waals surface area contributed by atoms with Crippen molar-refractivity contribution in [1.82, 2.24) is 10.7 Å². The van der Waals surface area contributed by atoms with E-state index in [1.54, 1.807) is 0 Å². The number of hydrazine groups is 1. The first-order valence-corrected chi connectivity index (χ1v) is 6.59. The molecule has 1 fully saturated rings. The molecule has 5 heteroatoms. The van der Waals surface area contributed by atoms with Gasteiger partial charge in [0.25, 0.3) is 0 Å². The van der Waals surface area contributed by atoms with E-state index in [4.69, 9.17) is 10.6 Å². The first kappa shape index (κ1) is 14.3. The van der Waals surface area contributed by atoms with Crippen LogP contribution >= 0.6 is 0 Å².